The van der Waals surface area contributed by atoms with Crippen LogP contribution >= 0.6 is 0 Å². The fourth-order valence-corrected chi connectivity index (χ4v) is 2.56. The van der Waals surface area contributed by atoms with Crippen molar-refractivity contribution < 1.29 is 13.7 Å². The Balaban J connectivity index is 1.78. The smallest absolute Gasteiger partial charge is 0.399 e. The zero-order valence-corrected chi connectivity index (χ0v) is 14.3. The van der Waals surface area contributed by atoms with Crippen molar-refractivity contribution in [2.24, 2.45) is 0 Å². The summed E-state index contributed by atoms with van der Waals surface area (Å²) in [5.74, 6) is -0.194. The van der Waals surface area contributed by atoms with E-state index in [1.54, 1.807) is 23.9 Å². The Kier molecular flexibility index (Phi) is 3.85. The van der Waals surface area contributed by atoms with Crippen LogP contribution in [0.4, 0.5) is 4.39 Å². The lowest BCUT2D eigenvalue weighted by molar-refractivity contribution is 0.00578. The van der Waals surface area contributed by atoms with Crippen LogP contribution in [0.1, 0.15) is 38.8 Å². The topological polar surface area (TPSA) is 36.3 Å². The largest absolute Gasteiger partial charge is 0.498 e. The lowest BCUT2D eigenvalue weighted by Gasteiger charge is -2.32. The van der Waals surface area contributed by atoms with E-state index in [9.17, 15) is 4.39 Å². The van der Waals surface area contributed by atoms with Gasteiger partial charge in [0.15, 0.2) is 0 Å². The van der Waals surface area contributed by atoms with Crippen LogP contribution < -0.4 is 5.46 Å². The third-order valence-corrected chi connectivity index (χ3v) is 4.89. The van der Waals surface area contributed by atoms with Crippen molar-refractivity contribution in [3.05, 3.63) is 47.5 Å². The number of nitrogens with zero attached hydrogens (tertiary/aromatic N) is 2. The minimum absolute atomic E-state index is 0.194. The quantitative estimate of drug-likeness (QED) is 0.817. The van der Waals surface area contributed by atoms with Crippen molar-refractivity contribution in [3.63, 3.8) is 0 Å². The summed E-state index contributed by atoms with van der Waals surface area (Å²) < 4.78 is 27.5. The van der Waals surface area contributed by atoms with Crippen LogP contribution in [0.5, 0.6) is 0 Å². The molecule has 6 heteroatoms. The molecule has 122 valence electrons. The van der Waals surface area contributed by atoms with E-state index in [2.05, 4.69) is 5.10 Å². The summed E-state index contributed by atoms with van der Waals surface area (Å²) in [6.45, 7) is 10.4. The molecule has 0 unspecified atom stereocenters. The minimum atomic E-state index is -0.428. The third kappa shape index (κ3) is 2.93. The van der Waals surface area contributed by atoms with E-state index in [0.29, 0.717) is 12.1 Å². The fourth-order valence-electron chi connectivity index (χ4n) is 2.56. The fraction of sp³-hybridized carbons (Fsp3) is 0.471. The number of halogens is 1. The van der Waals surface area contributed by atoms with Crippen molar-refractivity contribution in [1.29, 1.82) is 0 Å². The molecule has 1 fully saturated rings. The van der Waals surface area contributed by atoms with E-state index in [1.807, 2.05) is 40.0 Å². The average molecular weight is 316 g/mol. The Morgan fingerprint density at radius 1 is 1.17 bits per heavy atom. The zero-order chi connectivity index (χ0) is 16.8. The molecular weight excluding hydrogens is 294 g/mol. The Bertz CT molecular complexity index is 711. The maximum atomic E-state index is 13.6. The molecule has 1 saturated heterocycles. The summed E-state index contributed by atoms with van der Waals surface area (Å²) in [5, 5.41) is 4.36. The van der Waals surface area contributed by atoms with Gasteiger partial charge in [-0.3, -0.25) is 4.68 Å². The molecule has 1 aromatic carbocycles. The molecule has 0 amide bonds. The molecule has 0 bridgehead atoms. The van der Waals surface area contributed by atoms with Crippen LogP contribution in [0, 0.1) is 12.7 Å². The Morgan fingerprint density at radius 3 is 2.48 bits per heavy atom. The first-order valence-corrected chi connectivity index (χ1v) is 7.81. The van der Waals surface area contributed by atoms with E-state index >= 15 is 0 Å². The second kappa shape index (κ2) is 5.46. The second-order valence-corrected chi connectivity index (χ2v) is 7.08. The Hall–Kier alpha value is -1.66. The van der Waals surface area contributed by atoms with Crippen LogP contribution in [0.2, 0.25) is 0 Å². The summed E-state index contributed by atoms with van der Waals surface area (Å²) >= 11 is 0. The number of hydrogen-bond donors (Lipinski definition) is 0. The predicted molar refractivity (Wildman–Crippen MR) is 88.2 cm³/mol. The van der Waals surface area contributed by atoms with Gasteiger partial charge < -0.3 is 9.31 Å². The molecule has 2 aromatic rings. The van der Waals surface area contributed by atoms with Crippen LogP contribution in [0.25, 0.3) is 0 Å². The normalized spacial score (nSPS) is 19.3. The second-order valence-electron chi connectivity index (χ2n) is 7.08. The SMILES string of the molecule is Cc1c(F)cccc1Cn1cc(B2OC(C)(C)C(C)(C)O2)cn1. The molecular formula is C17H22BFN2O2. The summed E-state index contributed by atoms with van der Waals surface area (Å²) in [7, 11) is -0.428. The van der Waals surface area contributed by atoms with Gasteiger partial charge in [0, 0.05) is 17.9 Å². The molecule has 4 nitrogen and oxygen atoms in total. The van der Waals surface area contributed by atoms with Crippen molar-refractivity contribution in [1.82, 2.24) is 9.78 Å². The van der Waals surface area contributed by atoms with Crippen LogP contribution in [-0.2, 0) is 15.9 Å². The number of aromatic nitrogens is 2. The molecule has 0 N–H and O–H groups in total. The molecule has 0 spiro atoms. The van der Waals surface area contributed by atoms with Gasteiger partial charge in [-0.2, -0.15) is 5.10 Å². The number of benzene rings is 1. The lowest BCUT2D eigenvalue weighted by Crippen LogP contribution is -2.41. The van der Waals surface area contributed by atoms with E-state index < -0.39 is 7.12 Å². The van der Waals surface area contributed by atoms with Crippen molar-refractivity contribution in [2.75, 3.05) is 0 Å². The van der Waals surface area contributed by atoms with E-state index in [1.165, 1.54) is 6.07 Å². The molecule has 1 aliphatic rings. The van der Waals surface area contributed by atoms with Gasteiger partial charge in [-0.25, -0.2) is 4.39 Å². The van der Waals surface area contributed by atoms with Crippen LogP contribution in [0.3, 0.4) is 0 Å². The van der Waals surface area contributed by atoms with Gasteiger partial charge in [-0.05, 0) is 51.8 Å². The summed E-state index contributed by atoms with van der Waals surface area (Å²) in [5.41, 5.74) is 1.68. The highest BCUT2D eigenvalue weighted by atomic mass is 19.1. The molecule has 23 heavy (non-hydrogen) atoms. The van der Waals surface area contributed by atoms with Gasteiger partial charge in [0.1, 0.15) is 5.82 Å². The summed E-state index contributed by atoms with van der Waals surface area (Å²) in [6.07, 6.45) is 3.64. The minimum Gasteiger partial charge on any atom is -0.399 e. The highest BCUT2D eigenvalue weighted by Crippen LogP contribution is 2.36. The number of hydrogen-bond acceptors (Lipinski definition) is 3. The molecule has 1 aromatic heterocycles. The highest BCUT2D eigenvalue weighted by Gasteiger charge is 2.52. The van der Waals surface area contributed by atoms with Crippen molar-refractivity contribution >= 4 is 12.6 Å². The third-order valence-electron chi connectivity index (χ3n) is 4.89. The maximum Gasteiger partial charge on any atom is 0.498 e. The van der Waals surface area contributed by atoms with Gasteiger partial charge in [0.2, 0.25) is 0 Å². The molecule has 0 atom stereocenters. The van der Waals surface area contributed by atoms with Gasteiger partial charge in [-0.1, -0.05) is 12.1 Å². The molecule has 1 aliphatic heterocycles. The predicted octanol–water partition coefficient (Wildman–Crippen LogP) is 2.68. The first-order valence-electron chi connectivity index (χ1n) is 7.81. The molecule has 2 heterocycles. The van der Waals surface area contributed by atoms with Gasteiger partial charge in [0.05, 0.1) is 17.7 Å². The Morgan fingerprint density at radius 2 is 1.83 bits per heavy atom. The monoisotopic (exact) mass is 316 g/mol. The van der Waals surface area contributed by atoms with Gasteiger partial charge in [-0.15, -0.1) is 0 Å². The first kappa shape index (κ1) is 16.2. The average Bonchev–Trinajstić information content (AvgIpc) is 2.98. The molecule has 0 radical (unpaired) electrons. The van der Waals surface area contributed by atoms with E-state index in [-0.39, 0.29) is 17.0 Å². The maximum absolute atomic E-state index is 13.6. The van der Waals surface area contributed by atoms with Gasteiger partial charge >= 0.3 is 7.12 Å². The zero-order valence-electron chi connectivity index (χ0n) is 14.3. The van der Waals surface area contributed by atoms with E-state index in [0.717, 1.165) is 11.0 Å². The van der Waals surface area contributed by atoms with Crippen LogP contribution in [0.15, 0.2) is 30.6 Å². The first-order chi connectivity index (χ1) is 10.7. The van der Waals surface area contributed by atoms with Crippen molar-refractivity contribution in [3.8, 4) is 0 Å². The summed E-state index contributed by atoms with van der Waals surface area (Å²) in [4.78, 5) is 0. The number of rotatable bonds is 3. The summed E-state index contributed by atoms with van der Waals surface area (Å²) in [6, 6.07) is 5.10. The van der Waals surface area contributed by atoms with E-state index in [4.69, 9.17) is 9.31 Å². The van der Waals surface area contributed by atoms with Crippen molar-refractivity contribution in [2.45, 2.75) is 52.4 Å². The highest BCUT2D eigenvalue weighted by molar-refractivity contribution is 6.61. The lowest BCUT2D eigenvalue weighted by atomic mass is 9.82. The van der Waals surface area contributed by atoms with Crippen LogP contribution in [-0.4, -0.2) is 28.1 Å². The molecule has 3 rings (SSSR count). The standard InChI is InChI=1S/C17H22BFN2O2/c1-12-13(7-6-8-15(12)19)10-21-11-14(9-20-21)18-22-16(2,3)17(4,5)23-18/h6-9,11H,10H2,1-5H3. The van der Waals surface area contributed by atoms with Gasteiger partial charge in [0.25, 0.3) is 0 Å². The Labute approximate surface area is 136 Å². The molecule has 0 saturated carbocycles. The molecule has 0 aliphatic carbocycles.